The molecule has 1 atom stereocenters. The molecule has 0 spiro atoms. The fourth-order valence-electron chi connectivity index (χ4n) is 2.38. The molecule has 5 nitrogen and oxygen atoms in total. The van der Waals surface area contributed by atoms with E-state index in [0.29, 0.717) is 5.56 Å². The van der Waals surface area contributed by atoms with Crippen molar-refractivity contribution in [1.29, 1.82) is 5.26 Å². The third-order valence-corrected chi connectivity index (χ3v) is 3.63. The Morgan fingerprint density at radius 1 is 1.39 bits per heavy atom. The smallest absolute Gasteiger partial charge is 0.426 e. The maximum Gasteiger partial charge on any atom is 0.426 e. The van der Waals surface area contributed by atoms with Crippen molar-refractivity contribution in [3.05, 3.63) is 29.3 Å². The van der Waals surface area contributed by atoms with Gasteiger partial charge in [0.15, 0.2) is 0 Å². The van der Waals surface area contributed by atoms with Gasteiger partial charge < -0.3 is 15.6 Å². The third kappa shape index (κ3) is 3.56. The van der Waals surface area contributed by atoms with Crippen LogP contribution >= 0.6 is 0 Å². The van der Waals surface area contributed by atoms with Crippen molar-refractivity contribution in [2.45, 2.75) is 37.5 Å². The van der Waals surface area contributed by atoms with Gasteiger partial charge in [-0.15, -0.1) is 0 Å². The fourth-order valence-corrected chi connectivity index (χ4v) is 2.38. The van der Waals surface area contributed by atoms with E-state index in [2.05, 4.69) is 0 Å². The molecular formula is C15H17F3N2O3. The van der Waals surface area contributed by atoms with Gasteiger partial charge >= 0.3 is 6.18 Å². The number of nitriles is 1. The Kier molecular flexibility index (Phi) is 4.97. The number of hydrogen-bond donors (Lipinski definition) is 2. The Balaban J connectivity index is 3.37. The third-order valence-electron chi connectivity index (χ3n) is 3.63. The zero-order chi connectivity index (χ0) is 18.1. The van der Waals surface area contributed by atoms with Gasteiger partial charge in [0.05, 0.1) is 18.7 Å². The minimum absolute atomic E-state index is 0.183. The average Bonchev–Trinajstić information content (AvgIpc) is 2.44. The quantitative estimate of drug-likeness (QED) is 0.863. The lowest BCUT2D eigenvalue weighted by Gasteiger charge is -2.36. The van der Waals surface area contributed by atoms with Crippen molar-refractivity contribution in [2.75, 3.05) is 7.11 Å². The van der Waals surface area contributed by atoms with Crippen LogP contribution < -0.4 is 10.5 Å². The minimum atomic E-state index is -5.21. The number of carbonyl (C=O) groups excluding carboxylic acids is 1. The van der Waals surface area contributed by atoms with Gasteiger partial charge in [0, 0.05) is 6.42 Å². The van der Waals surface area contributed by atoms with Gasteiger partial charge in [-0.1, -0.05) is 19.9 Å². The summed E-state index contributed by atoms with van der Waals surface area (Å²) in [7, 11) is 1.31. The molecule has 0 saturated carbocycles. The van der Waals surface area contributed by atoms with E-state index in [4.69, 9.17) is 15.7 Å². The standard InChI is InChI=1S/C15H17F3N2O3/c1-13(2,8-14(22,12(20)21)15(16,17)18)10-5-4-9(7-19)6-11(10)23-3/h4-6,22H,8H2,1-3H3,(H2,20,21). The molecule has 23 heavy (non-hydrogen) atoms. The van der Waals surface area contributed by atoms with Crippen LogP contribution in [0.15, 0.2) is 18.2 Å². The first-order chi connectivity index (χ1) is 10.4. The zero-order valence-corrected chi connectivity index (χ0v) is 12.9. The van der Waals surface area contributed by atoms with Crippen LogP contribution in [0.25, 0.3) is 0 Å². The van der Waals surface area contributed by atoms with Crippen LogP contribution in [0.1, 0.15) is 31.4 Å². The van der Waals surface area contributed by atoms with Gasteiger partial charge in [-0.3, -0.25) is 4.79 Å². The molecule has 0 radical (unpaired) electrons. The number of nitrogens with two attached hydrogens (primary N) is 1. The number of rotatable bonds is 5. The van der Waals surface area contributed by atoms with Crippen LogP contribution in [-0.4, -0.2) is 29.9 Å². The number of benzene rings is 1. The second-order valence-corrected chi connectivity index (χ2v) is 5.81. The molecule has 1 amide bonds. The summed E-state index contributed by atoms with van der Waals surface area (Å²) in [6.45, 7) is 2.83. The highest BCUT2D eigenvalue weighted by Crippen LogP contribution is 2.43. The lowest BCUT2D eigenvalue weighted by atomic mass is 9.74. The molecule has 1 aromatic rings. The second kappa shape index (κ2) is 6.08. The summed E-state index contributed by atoms with van der Waals surface area (Å²) in [5.41, 5.74) is 0.372. The van der Waals surface area contributed by atoms with E-state index in [1.54, 1.807) is 0 Å². The highest BCUT2D eigenvalue weighted by atomic mass is 19.4. The molecule has 0 bridgehead atoms. The molecule has 8 heteroatoms. The Hall–Kier alpha value is -2.27. The maximum atomic E-state index is 13.1. The van der Waals surface area contributed by atoms with E-state index in [1.807, 2.05) is 6.07 Å². The first-order valence-electron chi connectivity index (χ1n) is 6.56. The molecule has 1 unspecified atom stereocenters. The average molecular weight is 330 g/mol. The number of primary amides is 1. The molecule has 1 aromatic carbocycles. The van der Waals surface area contributed by atoms with Gasteiger partial charge in [-0.25, -0.2) is 0 Å². The summed E-state index contributed by atoms with van der Waals surface area (Å²) in [6, 6.07) is 6.10. The molecule has 0 saturated heterocycles. The first-order valence-corrected chi connectivity index (χ1v) is 6.56. The summed E-state index contributed by atoms with van der Waals surface area (Å²) in [4.78, 5) is 11.2. The van der Waals surface area contributed by atoms with E-state index < -0.39 is 29.5 Å². The molecule has 0 aliphatic heterocycles. The molecule has 1 rings (SSSR count). The predicted molar refractivity (Wildman–Crippen MR) is 75.6 cm³/mol. The van der Waals surface area contributed by atoms with Gasteiger partial charge in [-0.05, 0) is 23.1 Å². The summed E-state index contributed by atoms with van der Waals surface area (Å²) < 4.78 is 44.3. The number of amides is 1. The highest BCUT2D eigenvalue weighted by molar-refractivity contribution is 5.84. The van der Waals surface area contributed by atoms with E-state index in [1.165, 1.54) is 39.2 Å². The summed E-state index contributed by atoms with van der Waals surface area (Å²) in [5, 5.41) is 18.7. The Morgan fingerprint density at radius 3 is 2.35 bits per heavy atom. The van der Waals surface area contributed by atoms with Gasteiger partial charge in [0.2, 0.25) is 5.60 Å². The molecule has 0 aliphatic carbocycles. The zero-order valence-electron chi connectivity index (χ0n) is 12.9. The first kappa shape index (κ1) is 18.8. The van der Waals surface area contributed by atoms with E-state index in [-0.39, 0.29) is 11.3 Å². The number of alkyl halides is 3. The SMILES string of the molecule is COc1cc(C#N)ccc1C(C)(C)CC(O)(C(N)=O)C(F)(F)F. The van der Waals surface area contributed by atoms with E-state index >= 15 is 0 Å². The molecule has 0 heterocycles. The largest absolute Gasteiger partial charge is 0.496 e. The number of ether oxygens (including phenoxy) is 1. The van der Waals surface area contributed by atoms with Crippen molar-refractivity contribution in [1.82, 2.24) is 0 Å². The minimum Gasteiger partial charge on any atom is -0.496 e. The van der Waals surface area contributed by atoms with Gasteiger partial charge in [-0.2, -0.15) is 18.4 Å². The number of aliphatic hydroxyl groups is 1. The van der Waals surface area contributed by atoms with Crippen molar-refractivity contribution in [3.8, 4) is 11.8 Å². The molecule has 126 valence electrons. The Bertz CT molecular complexity index is 650. The van der Waals surface area contributed by atoms with Crippen LogP contribution in [0.2, 0.25) is 0 Å². The predicted octanol–water partition coefficient (Wildman–Crippen LogP) is 2.01. The van der Waals surface area contributed by atoms with Crippen LogP contribution in [-0.2, 0) is 10.2 Å². The monoisotopic (exact) mass is 330 g/mol. The lowest BCUT2D eigenvalue weighted by molar-refractivity contribution is -0.255. The number of carbonyl (C=O) groups is 1. The number of halogens is 3. The number of hydrogen-bond acceptors (Lipinski definition) is 4. The Morgan fingerprint density at radius 2 is 1.96 bits per heavy atom. The van der Waals surface area contributed by atoms with Gasteiger partial charge in [0.1, 0.15) is 5.75 Å². The second-order valence-electron chi connectivity index (χ2n) is 5.81. The van der Waals surface area contributed by atoms with Crippen molar-refractivity contribution < 1.29 is 27.8 Å². The van der Waals surface area contributed by atoms with Crippen molar-refractivity contribution >= 4 is 5.91 Å². The molecule has 0 aromatic heterocycles. The van der Waals surface area contributed by atoms with Gasteiger partial charge in [0.25, 0.3) is 5.91 Å². The number of nitrogens with zero attached hydrogens (tertiary/aromatic N) is 1. The normalized spacial score (nSPS) is 14.7. The summed E-state index contributed by atoms with van der Waals surface area (Å²) in [5.74, 6) is -1.69. The van der Waals surface area contributed by atoms with Crippen LogP contribution in [0.4, 0.5) is 13.2 Å². The topological polar surface area (TPSA) is 96.3 Å². The molecule has 0 fully saturated rings. The highest BCUT2D eigenvalue weighted by Gasteiger charge is 2.60. The maximum absolute atomic E-state index is 13.1. The molecular weight excluding hydrogens is 313 g/mol. The molecule has 0 aliphatic rings. The lowest BCUT2D eigenvalue weighted by Crippen LogP contribution is -2.58. The van der Waals surface area contributed by atoms with Crippen LogP contribution in [0, 0.1) is 11.3 Å². The molecule has 3 N–H and O–H groups in total. The van der Waals surface area contributed by atoms with Crippen molar-refractivity contribution in [2.24, 2.45) is 5.73 Å². The van der Waals surface area contributed by atoms with Crippen molar-refractivity contribution in [3.63, 3.8) is 0 Å². The van der Waals surface area contributed by atoms with Crippen LogP contribution in [0.5, 0.6) is 5.75 Å². The van der Waals surface area contributed by atoms with Crippen LogP contribution in [0.3, 0.4) is 0 Å². The Labute approximate surface area is 131 Å². The van der Waals surface area contributed by atoms with E-state index in [9.17, 15) is 23.1 Å². The van der Waals surface area contributed by atoms with E-state index in [0.717, 1.165) is 0 Å². The summed E-state index contributed by atoms with van der Waals surface area (Å²) >= 11 is 0. The summed E-state index contributed by atoms with van der Waals surface area (Å²) in [6.07, 6.45) is -6.20. The number of methoxy groups -OCH3 is 1. The fraction of sp³-hybridized carbons (Fsp3) is 0.467.